The van der Waals surface area contributed by atoms with E-state index in [9.17, 15) is 9.59 Å². The largest absolute Gasteiger partial charge is 0.444 e. The van der Waals surface area contributed by atoms with Crippen LogP contribution in [0.5, 0.6) is 0 Å². The first-order chi connectivity index (χ1) is 10.2. The topological polar surface area (TPSA) is 76.7 Å². The van der Waals surface area contributed by atoms with E-state index in [0.717, 1.165) is 0 Å². The van der Waals surface area contributed by atoms with Gasteiger partial charge in [0.25, 0.3) is 0 Å². The van der Waals surface area contributed by atoms with Gasteiger partial charge in [0.1, 0.15) is 5.60 Å². The highest BCUT2D eigenvalue weighted by molar-refractivity contribution is 5.83. The Bertz CT molecular complexity index is 463. The van der Waals surface area contributed by atoms with Crippen LogP contribution in [-0.4, -0.2) is 42.9 Å². The van der Waals surface area contributed by atoms with Crippen LogP contribution in [0.15, 0.2) is 12.2 Å². The molecule has 6 heteroatoms. The van der Waals surface area contributed by atoms with E-state index in [2.05, 4.69) is 10.6 Å². The fourth-order valence-electron chi connectivity index (χ4n) is 2.47. The molecular weight excluding hydrogens is 284 g/mol. The average Bonchev–Trinajstić information content (AvgIpc) is 2.36. The molecule has 2 amide bonds. The summed E-state index contributed by atoms with van der Waals surface area (Å²) in [6, 6.07) is -0.282. The number of ether oxygens (including phenoxy) is 2. The Hall–Kier alpha value is -1.56. The Labute approximate surface area is 131 Å². The molecule has 1 fully saturated rings. The summed E-state index contributed by atoms with van der Waals surface area (Å²) in [5, 5.41) is 5.90. The van der Waals surface area contributed by atoms with E-state index in [-0.39, 0.29) is 18.0 Å². The second-order valence-electron chi connectivity index (χ2n) is 7.33. The van der Waals surface area contributed by atoms with E-state index in [1.54, 1.807) is 0 Å². The molecule has 1 heterocycles. The maximum Gasteiger partial charge on any atom is 0.407 e. The molecule has 0 bridgehead atoms. The van der Waals surface area contributed by atoms with Crippen LogP contribution in [0, 0.1) is 5.41 Å². The van der Waals surface area contributed by atoms with Gasteiger partial charge in [-0.2, -0.15) is 0 Å². The van der Waals surface area contributed by atoms with Crippen molar-refractivity contribution in [2.24, 2.45) is 5.41 Å². The van der Waals surface area contributed by atoms with E-state index < -0.39 is 17.1 Å². The molecule has 2 rings (SSSR count). The minimum Gasteiger partial charge on any atom is -0.444 e. The molecule has 0 aromatic heterocycles. The number of alkyl carbamates (subject to hydrolysis) is 1. The number of carbonyl (C=O) groups excluding carboxylic acids is 2. The fraction of sp³-hybridized carbons (Fsp3) is 0.750. The maximum atomic E-state index is 12.3. The Morgan fingerprint density at radius 3 is 2.14 bits per heavy atom. The highest BCUT2D eigenvalue weighted by Gasteiger charge is 2.42. The lowest BCUT2D eigenvalue weighted by molar-refractivity contribution is -0.158. The molecule has 0 aromatic rings. The number of carbonyl (C=O) groups is 2. The summed E-state index contributed by atoms with van der Waals surface area (Å²) >= 11 is 0. The number of amides is 2. The van der Waals surface area contributed by atoms with E-state index in [0.29, 0.717) is 26.1 Å². The molecule has 0 spiro atoms. The van der Waals surface area contributed by atoms with Crippen LogP contribution in [0.1, 0.15) is 40.5 Å². The van der Waals surface area contributed by atoms with Crippen LogP contribution >= 0.6 is 0 Å². The van der Waals surface area contributed by atoms with Gasteiger partial charge in [-0.05, 0) is 40.5 Å². The average molecular weight is 310 g/mol. The lowest BCUT2D eigenvalue weighted by atomic mass is 9.86. The third-order valence-electron chi connectivity index (χ3n) is 3.84. The van der Waals surface area contributed by atoms with Gasteiger partial charge in [0, 0.05) is 0 Å². The van der Waals surface area contributed by atoms with Crippen LogP contribution in [0.2, 0.25) is 0 Å². The lowest BCUT2D eigenvalue weighted by Gasteiger charge is -2.39. The number of hydrogen-bond acceptors (Lipinski definition) is 4. The van der Waals surface area contributed by atoms with E-state index >= 15 is 0 Å². The number of hydrogen-bond donors (Lipinski definition) is 2. The predicted octanol–water partition coefficient (Wildman–Crippen LogP) is 1.75. The predicted molar refractivity (Wildman–Crippen MR) is 82.4 cm³/mol. The van der Waals surface area contributed by atoms with Gasteiger partial charge in [0.05, 0.1) is 30.7 Å². The van der Waals surface area contributed by atoms with Gasteiger partial charge in [0.2, 0.25) is 5.91 Å². The summed E-state index contributed by atoms with van der Waals surface area (Å²) in [4.78, 5) is 24.2. The smallest absolute Gasteiger partial charge is 0.407 e. The van der Waals surface area contributed by atoms with Gasteiger partial charge >= 0.3 is 6.09 Å². The van der Waals surface area contributed by atoms with Crippen molar-refractivity contribution >= 4 is 12.0 Å². The molecule has 6 nitrogen and oxygen atoms in total. The van der Waals surface area contributed by atoms with Crippen LogP contribution < -0.4 is 10.6 Å². The first-order valence-electron chi connectivity index (χ1n) is 7.73. The quantitative estimate of drug-likeness (QED) is 0.779. The summed E-state index contributed by atoms with van der Waals surface area (Å²) in [6.45, 7) is 8.26. The molecule has 0 aromatic carbocycles. The molecule has 2 atom stereocenters. The van der Waals surface area contributed by atoms with E-state index in [4.69, 9.17) is 9.47 Å². The zero-order chi connectivity index (χ0) is 16.4. The van der Waals surface area contributed by atoms with Crippen molar-refractivity contribution in [1.29, 1.82) is 0 Å². The molecule has 124 valence electrons. The zero-order valence-electron chi connectivity index (χ0n) is 13.8. The minimum absolute atomic E-state index is 0.0185. The summed E-state index contributed by atoms with van der Waals surface area (Å²) in [5.41, 5.74) is -0.984. The summed E-state index contributed by atoms with van der Waals surface area (Å²) in [7, 11) is 0. The first-order valence-corrected chi connectivity index (χ1v) is 7.73. The van der Waals surface area contributed by atoms with Crippen molar-refractivity contribution in [1.82, 2.24) is 10.6 Å². The van der Waals surface area contributed by atoms with Crippen molar-refractivity contribution in [3.63, 3.8) is 0 Å². The Morgan fingerprint density at radius 1 is 1.14 bits per heavy atom. The standard InChI is InChI=1S/C16H26N2O4/c1-15(2,3)22-14(20)18-12-8-6-5-7-11(12)17-13(19)16(4)9-21-10-16/h5-6,11-12H,7-10H2,1-4H3,(H,17,19)(H,18,20)/t11-,12-/m1/s1. The first kappa shape index (κ1) is 16.8. The highest BCUT2D eigenvalue weighted by Crippen LogP contribution is 2.27. The SMILES string of the molecule is CC(C)(C)OC(=O)N[C@@H]1CC=CC[C@H]1NC(=O)C1(C)COC1. The molecule has 1 aliphatic heterocycles. The van der Waals surface area contributed by atoms with Gasteiger partial charge < -0.3 is 20.1 Å². The minimum atomic E-state index is -0.538. The molecule has 1 aliphatic carbocycles. The summed E-state index contributed by atoms with van der Waals surface area (Å²) in [5.74, 6) is -0.0185. The molecule has 0 saturated carbocycles. The monoisotopic (exact) mass is 310 g/mol. The molecule has 0 unspecified atom stereocenters. The van der Waals surface area contributed by atoms with Crippen molar-refractivity contribution in [3.05, 3.63) is 12.2 Å². The lowest BCUT2D eigenvalue weighted by Crippen LogP contribution is -2.59. The molecule has 2 N–H and O–H groups in total. The fourth-order valence-corrected chi connectivity index (χ4v) is 2.47. The zero-order valence-corrected chi connectivity index (χ0v) is 13.8. The van der Waals surface area contributed by atoms with Crippen molar-refractivity contribution in [2.75, 3.05) is 13.2 Å². The van der Waals surface area contributed by atoms with Crippen LogP contribution in [0.3, 0.4) is 0 Å². The van der Waals surface area contributed by atoms with Crippen molar-refractivity contribution in [3.8, 4) is 0 Å². The summed E-state index contributed by atoms with van der Waals surface area (Å²) < 4.78 is 10.4. The molecule has 2 aliphatic rings. The Morgan fingerprint density at radius 2 is 1.68 bits per heavy atom. The van der Waals surface area contributed by atoms with Crippen molar-refractivity contribution in [2.45, 2.75) is 58.2 Å². The van der Waals surface area contributed by atoms with Crippen LogP contribution in [-0.2, 0) is 14.3 Å². The van der Waals surface area contributed by atoms with E-state index in [1.165, 1.54) is 0 Å². The Balaban J connectivity index is 1.92. The maximum absolute atomic E-state index is 12.3. The molecule has 22 heavy (non-hydrogen) atoms. The van der Waals surface area contributed by atoms with Crippen LogP contribution in [0.25, 0.3) is 0 Å². The molecule has 1 saturated heterocycles. The molecular formula is C16H26N2O4. The Kier molecular flexibility index (Phi) is 4.80. The normalized spacial score (nSPS) is 26.7. The van der Waals surface area contributed by atoms with Gasteiger partial charge in [-0.25, -0.2) is 4.79 Å². The third kappa shape index (κ3) is 4.22. The van der Waals surface area contributed by atoms with Crippen LogP contribution in [0.4, 0.5) is 4.79 Å². The van der Waals surface area contributed by atoms with Gasteiger partial charge in [-0.15, -0.1) is 0 Å². The van der Waals surface area contributed by atoms with Gasteiger partial charge in [-0.3, -0.25) is 4.79 Å². The highest BCUT2D eigenvalue weighted by atomic mass is 16.6. The van der Waals surface area contributed by atoms with Gasteiger partial charge in [0.15, 0.2) is 0 Å². The third-order valence-corrected chi connectivity index (χ3v) is 3.84. The van der Waals surface area contributed by atoms with Crippen molar-refractivity contribution < 1.29 is 19.1 Å². The molecule has 0 radical (unpaired) electrons. The summed E-state index contributed by atoms with van der Waals surface area (Å²) in [6.07, 6.45) is 4.96. The second-order valence-corrected chi connectivity index (χ2v) is 7.33. The van der Waals surface area contributed by atoms with Gasteiger partial charge in [-0.1, -0.05) is 12.2 Å². The number of nitrogens with one attached hydrogen (secondary N) is 2. The van der Waals surface area contributed by atoms with E-state index in [1.807, 2.05) is 39.8 Å². The number of rotatable bonds is 3. The second kappa shape index (κ2) is 6.28.